The van der Waals surface area contributed by atoms with E-state index < -0.39 is 5.97 Å². The Labute approximate surface area is 94.6 Å². The second-order valence-electron chi connectivity index (χ2n) is 3.50. The molecule has 1 aliphatic rings. The molecular formula is C10H9BrO4. The quantitative estimate of drug-likeness (QED) is 0.823. The molecule has 0 radical (unpaired) electrons. The van der Waals surface area contributed by atoms with E-state index in [9.17, 15) is 9.90 Å². The van der Waals surface area contributed by atoms with Gasteiger partial charge in [0.25, 0.3) is 0 Å². The lowest BCUT2D eigenvalue weighted by Crippen LogP contribution is -2.05. The number of phenols is 1. The van der Waals surface area contributed by atoms with Crippen LogP contribution in [-0.2, 0) is 6.42 Å². The Bertz CT molecular complexity index is 442. The van der Waals surface area contributed by atoms with Crippen LogP contribution in [0.4, 0.5) is 0 Å². The molecule has 0 saturated carbocycles. The van der Waals surface area contributed by atoms with Gasteiger partial charge < -0.3 is 14.9 Å². The summed E-state index contributed by atoms with van der Waals surface area (Å²) < 4.78 is 6.03. The molecule has 0 bridgehead atoms. The molecule has 0 aliphatic carbocycles. The van der Waals surface area contributed by atoms with Gasteiger partial charge in [0.2, 0.25) is 0 Å². The molecular weight excluding hydrogens is 264 g/mol. The zero-order valence-electron chi connectivity index (χ0n) is 7.95. The lowest BCUT2D eigenvalue weighted by molar-refractivity contribution is 0.0692. The van der Waals surface area contributed by atoms with Gasteiger partial charge >= 0.3 is 5.97 Å². The molecule has 1 heterocycles. The molecule has 1 atom stereocenters. The predicted molar refractivity (Wildman–Crippen MR) is 56.6 cm³/mol. The fourth-order valence-corrected chi connectivity index (χ4v) is 2.24. The van der Waals surface area contributed by atoms with Gasteiger partial charge in [-0.25, -0.2) is 4.79 Å². The Morgan fingerprint density at radius 3 is 2.93 bits per heavy atom. The molecule has 0 aromatic heterocycles. The number of carbonyl (C=O) groups is 1. The van der Waals surface area contributed by atoms with Crippen LogP contribution < -0.4 is 4.74 Å². The van der Waals surface area contributed by atoms with Crippen LogP contribution in [0.25, 0.3) is 0 Å². The van der Waals surface area contributed by atoms with Crippen molar-refractivity contribution in [1.82, 2.24) is 0 Å². The first kappa shape index (κ1) is 10.3. The number of carboxylic acids is 1. The average Bonchev–Trinajstić information content (AvgIpc) is 2.53. The topological polar surface area (TPSA) is 66.8 Å². The average molecular weight is 273 g/mol. The Morgan fingerprint density at radius 2 is 2.33 bits per heavy atom. The maximum absolute atomic E-state index is 10.8. The summed E-state index contributed by atoms with van der Waals surface area (Å²) in [5, 5.41) is 18.5. The van der Waals surface area contributed by atoms with Gasteiger partial charge in [-0.1, -0.05) is 15.9 Å². The largest absolute Gasteiger partial charge is 0.504 e. The molecule has 4 nitrogen and oxygen atoms in total. The number of rotatable bonds is 1. The van der Waals surface area contributed by atoms with Crippen LogP contribution in [0.2, 0.25) is 0 Å². The lowest BCUT2D eigenvalue weighted by atomic mass is 10.1. The minimum absolute atomic E-state index is 0.0359. The van der Waals surface area contributed by atoms with Gasteiger partial charge in [-0.3, -0.25) is 0 Å². The number of aromatic hydroxyl groups is 1. The van der Waals surface area contributed by atoms with Crippen LogP contribution in [0.3, 0.4) is 0 Å². The molecule has 1 aliphatic heterocycles. The van der Waals surface area contributed by atoms with Crippen molar-refractivity contribution in [2.45, 2.75) is 19.4 Å². The summed E-state index contributed by atoms with van der Waals surface area (Å²) in [4.78, 5) is 10.8. The fraction of sp³-hybridized carbons (Fsp3) is 0.300. The van der Waals surface area contributed by atoms with E-state index in [4.69, 9.17) is 9.84 Å². The standard InChI is InChI=1S/C10H9BrO4/c1-4-2-5-7(11)3-6(10(13)14)8(12)9(5)15-4/h3-4,12H,2H2,1H3,(H,13,14). The molecule has 1 aromatic rings. The molecule has 1 unspecified atom stereocenters. The molecule has 0 saturated heterocycles. The van der Waals surface area contributed by atoms with E-state index in [1.54, 1.807) is 0 Å². The summed E-state index contributed by atoms with van der Waals surface area (Å²) in [6.45, 7) is 1.87. The first-order valence-corrected chi connectivity index (χ1v) is 5.24. The maximum atomic E-state index is 10.8. The number of hydrogen-bond acceptors (Lipinski definition) is 3. The van der Waals surface area contributed by atoms with Gasteiger partial charge in [0.15, 0.2) is 11.5 Å². The van der Waals surface area contributed by atoms with Crippen LogP contribution >= 0.6 is 15.9 Å². The Hall–Kier alpha value is -1.23. The van der Waals surface area contributed by atoms with Crippen molar-refractivity contribution in [3.63, 3.8) is 0 Å². The summed E-state index contributed by atoms with van der Waals surface area (Å²) in [6.07, 6.45) is 0.634. The maximum Gasteiger partial charge on any atom is 0.339 e. The minimum Gasteiger partial charge on any atom is -0.504 e. The van der Waals surface area contributed by atoms with Crippen molar-refractivity contribution in [2.24, 2.45) is 0 Å². The summed E-state index contributed by atoms with van der Waals surface area (Å²) in [6, 6.07) is 1.40. The van der Waals surface area contributed by atoms with Crippen LogP contribution in [-0.4, -0.2) is 22.3 Å². The molecule has 80 valence electrons. The van der Waals surface area contributed by atoms with E-state index in [1.807, 2.05) is 6.92 Å². The second kappa shape index (κ2) is 3.41. The second-order valence-corrected chi connectivity index (χ2v) is 4.35. The van der Waals surface area contributed by atoms with Crippen molar-refractivity contribution in [1.29, 1.82) is 0 Å². The van der Waals surface area contributed by atoms with E-state index in [0.717, 1.165) is 5.56 Å². The Morgan fingerprint density at radius 1 is 1.67 bits per heavy atom. The monoisotopic (exact) mass is 272 g/mol. The molecule has 2 rings (SSSR count). The minimum atomic E-state index is -1.17. The van der Waals surface area contributed by atoms with Gasteiger partial charge in [0, 0.05) is 16.5 Å². The van der Waals surface area contributed by atoms with Gasteiger partial charge in [0.1, 0.15) is 11.7 Å². The van der Waals surface area contributed by atoms with Gasteiger partial charge in [-0.2, -0.15) is 0 Å². The van der Waals surface area contributed by atoms with E-state index in [2.05, 4.69) is 15.9 Å². The summed E-state index contributed by atoms with van der Waals surface area (Å²) in [5.41, 5.74) is 0.680. The normalized spacial score (nSPS) is 18.4. The third kappa shape index (κ3) is 1.56. The third-order valence-corrected chi connectivity index (χ3v) is 3.05. The van der Waals surface area contributed by atoms with Crippen molar-refractivity contribution in [2.75, 3.05) is 0 Å². The van der Waals surface area contributed by atoms with Gasteiger partial charge in [-0.15, -0.1) is 0 Å². The van der Waals surface area contributed by atoms with Crippen molar-refractivity contribution < 1.29 is 19.7 Å². The van der Waals surface area contributed by atoms with Crippen molar-refractivity contribution >= 4 is 21.9 Å². The van der Waals surface area contributed by atoms with Crippen LogP contribution in [0.15, 0.2) is 10.5 Å². The number of carboxylic acid groups (broad SMARTS) is 1. The van der Waals surface area contributed by atoms with Crippen LogP contribution in [0.5, 0.6) is 11.5 Å². The van der Waals surface area contributed by atoms with E-state index in [-0.39, 0.29) is 23.2 Å². The first-order valence-electron chi connectivity index (χ1n) is 4.45. The van der Waals surface area contributed by atoms with Gasteiger partial charge in [-0.05, 0) is 13.0 Å². The molecule has 1 aromatic carbocycles. The smallest absolute Gasteiger partial charge is 0.339 e. The number of ether oxygens (including phenoxy) is 1. The number of fused-ring (bicyclic) bond motifs is 1. The summed E-state index contributed by atoms with van der Waals surface area (Å²) >= 11 is 3.27. The van der Waals surface area contributed by atoms with Crippen LogP contribution in [0, 0.1) is 0 Å². The highest BCUT2D eigenvalue weighted by Gasteiger charge is 2.28. The molecule has 5 heteroatoms. The SMILES string of the molecule is CC1Cc2c(Br)cc(C(=O)O)c(O)c2O1. The molecule has 0 amide bonds. The zero-order valence-corrected chi connectivity index (χ0v) is 9.54. The summed E-state index contributed by atoms with van der Waals surface area (Å²) in [7, 11) is 0. The molecule has 0 spiro atoms. The lowest BCUT2D eigenvalue weighted by Gasteiger charge is -2.08. The summed E-state index contributed by atoms with van der Waals surface area (Å²) in [5.74, 6) is -1.17. The first-order chi connectivity index (χ1) is 7.00. The fourth-order valence-electron chi connectivity index (χ4n) is 1.67. The highest BCUT2D eigenvalue weighted by atomic mass is 79.9. The highest BCUT2D eigenvalue weighted by molar-refractivity contribution is 9.10. The molecule has 15 heavy (non-hydrogen) atoms. The molecule has 2 N–H and O–H groups in total. The number of benzene rings is 1. The highest BCUT2D eigenvalue weighted by Crippen LogP contribution is 2.43. The zero-order chi connectivity index (χ0) is 11.2. The van der Waals surface area contributed by atoms with Crippen LogP contribution in [0.1, 0.15) is 22.8 Å². The third-order valence-electron chi connectivity index (χ3n) is 2.34. The Kier molecular flexibility index (Phi) is 2.34. The van der Waals surface area contributed by atoms with E-state index in [0.29, 0.717) is 10.9 Å². The Balaban J connectivity index is 2.63. The van der Waals surface area contributed by atoms with E-state index in [1.165, 1.54) is 6.07 Å². The van der Waals surface area contributed by atoms with Gasteiger partial charge in [0.05, 0.1) is 0 Å². The number of hydrogen-bond donors (Lipinski definition) is 2. The van der Waals surface area contributed by atoms with E-state index >= 15 is 0 Å². The van der Waals surface area contributed by atoms with Crippen molar-refractivity contribution in [3.05, 3.63) is 21.7 Å². The van der Waals surface area contributed by atoms with Crippen molar-refractivity contribution in [3.8, 4) is 11.5 Å². The molecule has 0 fully saturated rings. The number of halogens is 1. The predicted octanol–water partition coefficient (Wildman–Crippen LogP) is 2.18. The number of aromatic carboxylic acids is 1.